The molecular weight excluding hydrogens is 142 g/mol. The van der Waals surface area contributed by atoms with Crippen molar-refractivity contribution >= 4 is 5.97 Å². The Bertz CT molecular complexity index is 239. The van der Waals surface area contributed by atoms with E-state index < -0.39 is 5.60 Å². The first kappa shape index (κ1) is 7.80. The highest BCUT2D eigenvalue weighted by atomic mass is 16.6. The van der Waals surface area contributed by atoms with Crippen LogP contribution in [0.2, 0.25) is 0 Å². The minimum Gasteiger partial charge on any atom is -0.452 e. The van der Waals surface area contributed by atoms with Gasteiger partial charge in [0, 0.05) is 18.9 Å². The molecule has 0 N–H and O–H groups in total. The van der Waals surface area contributed by atoms with Crippen molar-refractivity contribution < 1.29 is 9.53 Å². The van der Waals surface area contributed by atoms with E-state index in [0.717, 1.165) is 0 Å². The first-order valence-electron chi connectivity index (χ1n) is 3.45. The molecule has 1 aliphatic heterocycles. The zero-order valence-electron chi connectivity index (χ0n) is 6.33. The molecule has 0 radical (unpaired) electrons. The number of rotatable bonds is 2. The predicted molar refractivity (Wildman–Crippen MR) is 38.5 cm³/mol. The van der Waals surface area contributed by atoms with Crippen LogP contribution in [-0.2, 0) is 9.53 Å². The molecule has 58 valence electrons. The van der Waals surface area contributed by atoms with Crippen molar-refractivity contribution in [3.63, 3.8) is 0 Å². The third kappa shape index (κ3) is 1.81. The number of ether oxygens (including phenoxy) is 1. The summed E-state index contributed by atoms with van der Waals surface area (Å²) in [6, 6.07) is 2.01. The summed E-state index contributed by atoms with van der Waals surface area (Å²) in [5, 5.41) is 8.29. The van der Waals surface area contributed by atoms with E-state index in [4.69, 9.17) is 10.00 Å². The van der Waals surface area contributed by atoms with Crippen LogP contribution >= 0.6 is 0 Å². The van der Waals surface area contributed by atoms with Gasteiger partial charge in [0.15, 0.2) is 0 Å². The fourth-order valence-electron chi connectivity index (χ4n) is 0.981. The monoisotopic (exact) mass is 151 g/mol. The second kappa shape index (κ2) is 2.75. The topological polar surface area (TPSA) is 50.1 Å². The first-order valence-corrected chi connectivity index (χ1v) is 3.45. The zero-order valence-corrected chi connectivity index (χ0v) is 6.33. The van der Waals surface area contributed by atoms with Crippen LogP contribution in [0.5, 0.6) is 0 Å². The molecule has 0 aromatic heterocycles. The molecule has 1 atom stereocenters. The summed E-state index contributed by atoms with van der Waals surface area (Å²) < 4.78 is 4.95. The number of esters is 1. The van der Waals surface area contributed by atoms with Crippen LogP contribution < -0.4 is 0 Å². The molecule has 0 aliphatic carbocycles. The third-order valence-corrected chi connectivity index (χ3v) is 1.64. The van der Waals surface area contributed by atoms with Gasteiger partial charge in [0.25, 0.3) is 0 Å². The Morgan fingerprint density at radius 1 is 1.82 bits per heavy atom. The van der Waals surface area contributed by atoms with Crippen LogP contribution in [-0.4, -0.2) is 11.6 Å². The van der Waals surface area contributed by atoms with Gasteiger partial charge in [-0.3, -0.25) is 0 Å². The minimum atomic E-state index is -0.535. The van der Waals surface area contributed by atoms with Crippen LogP contribution in [0.15, 0.2) is 12.2 Å². The number of hydrogen-bond acceptors (Lipinski definition) is 3. The average molecular weight is 151 g/mol. The molecule has 0 bridgehead atoms. The molecule has 11 heavy (non-hydrogen) atoms. The molecular formula is C8H9NO2. The van der Waals surface area contributed by atoms with Crippen molar-refractivity contribution in [1.82, 2.24) is 0 Å². The van der Waals surface area contributed by atoms with Gasteiger partial charge in [0.05, 0.1) is 6.07 Å². The second-order valence-electron chi connectivity index (χ2n) is 2.73. The van der Waals surface area contributed by atoms with E-state index in [1.807, 2.05) is 6.07 Å². The Labute approximate surface area is 65.3 Å². The minimum absolute atomic E-state index is 0.314. The van der Waals surface area contributed by atoms with Crippen molar-refractivity contribution in [2.24, 2.45) is 0 Å². The van der Waals surface area contributed by atoms with Crippen LogP contribution in [0.25, 0.3) is 0 Å². The number of nitriles is 1. The van der Waals surface area contributed by atoms with E-state index in [9.17, 15) is 4.79 Å². The van der Waals surface area contributed by atoms with Crippen molar-refractivity contribution in [3.05, 3.63) is 12.2 Å². The molecule has 1 aliphatic rings. The van der Waals surface area contributed by atoms with Gasteiger partial charge < -0.3 is 4.74 Å². The smallest absolute Gasteiger partial charge is 0.331 e. The number of hydrogen-bond donors (Lipinski definition) is 0. The normalized spacial score (nSPS) is 28.2. The van der Waals surface area contributed by atoms with Crippen LogP contribution in [0.1, 0.15) is 19.8 Å². The molecule has 1 heterocycles. The Hall–Kier alpha value is -1.30. The van der Waals surface area contributed by atoms with Crippen LogP contribution in [0.3, 0.4) is 0 Å². The average Bonchev–Trinajstić information content (AvgIpc) is 2.28. The maximum absolute atomic E-state index is 10.6. The Balaban J connectivity index is 2.51. The van der Waals surface area contributed by atoms with Gasteiger partial charge in [0.1, 0.15) is 5.60 Å². The van der Waals surface area contributed by atoms with Gasteiger partial charge >= 0.3 is 5.97 Å². The van der Waals surface area contributed by atoms with E-state index in [2.05, 4.69) is 0 Å². The second-order valence-corrected chi connectivity index (χ2v) is 2.73. The molecule has 0 fully saturated rings. The summed E-state index contributed by atoms with van der Waals surface area (Å²) in [5.41, 5.74) is -0.535. The van der Waals surface area contributed by atoms with Gasteiger partial charge in [-0.25, -0.2) is 4.79 Å². The standard InChI is InChI=1S/C8H9NO2/c1-8(4-2-6-9)5-3-7(10)11-8/h3,5H,2,4H2,1H3/t8-/m1/s1. The van der Waals surface area contributed by atoms with Crippen LogP contribution in [0, 0.1) is 11.3 Å². The van der Waals surface area contributed by atoms with Gasteiger partial charge in [0.2, 0.25) is 0 Å². The largest absolute Gasteiger partial charge is 0.452 e. The SMILES string of the molecule is C[C@@]1(CCC#N)C=CC(=O)O1. The van der Waals surface area contributed by atoms with Crippen molar-refractivity contribution in [3.8, 4) is 6.07 Å². The molecule has 0 saturated carbocycles. The van der Waals surface area contributed by atoms with Gasteiger partial charge in [-0.2, -0.15) is 5.26 Å². The molecule has 0 spiro atoms. The summed E-state index contributed by atoms with van der Waals surface area (Å²) in [7, 11) is 0. The molecule has 0 aromatic carbocycles. The van der Waals surface area contributed by atoms with Gasteiger partial charge in [-0.05, 0) is 13.0 Å². The number of carbonyl (C=O) groups excluding carboxylic acids is 1. The van der Waals surface area contributed by atoms with Crippen molar-refractivity contribution in [2.45, 2.75) is 25.4 Å². The maximum atomic E-state index is 10.6. The lowest BCUT2D eigenvalue weighted by Crippen LogP contribution is -2.23. The fourth-order valence-corrected chi connectivity index (χ4v) is 0.981. The summed E-state index contributed by atoms with van der Waals surface area (Å²) in [4.78, 5) is 10.6. The summed E-state index contributed by atoms with van der Waals surface area (Å²) in [6.07, 6.45) is 4.09. The predicted octanol–water partition coefficient (Wildman–Crippen LogP) is 1.16. The number of nitrogens with zero attached hydrogens (tertiary/aromatic N) is 1. The highest BCUT2D eigenvalue weighted by molar-refractivity contribution is 5.85. The van der Waals surface area contributed by atoms with Crippen molar-refractivity contribution in [2.75, 3.05) is 0 Å². The van der Waals surface area contributed by atoms with E-state index >= 15 is 0 Å². The van der Waals surface area contributed by atoms with E-state index in [1.165, 1.54) is 6.08 Å². The summed E-state index contributed by atoms with van der Waals surface area (Å²) >= 11 is 0. The van der Waals surface area contributed by atoms with E-state index in [-0.39, 0.29) is 5.97 Å². The molecule has 1 rings (SSSR count). The lowest BCUT2D eigenvalue weighted by Gasteiger charge is -2.19. The first-order chi connectivity index (χ1) is 5.16. The lowest BCUT2D eigenvalue weighted by molar-refractivity contribution is -0.144. The summed E-state index contributed by atoms with van der Waals surface area (Å²) in [5.74, 6) is -0.314. The molecule has 0 unspecified atom stereocenters. The van der Waals surface area contributed by atoms with E-state index in [0.29, 0.717) is 12.8 Å². The lowest BCUT2D eigenvalue weighted by atomic mass is 10.0. The molecule has 0 saturated heterocycles. The zero-order chi connectivity index (χ0) is 8.32. The molecule has 3 heteroatoms. The van der Waals surface area contributed by atoms with Crippen molar-refractivity contribution in [1.29, 1.82) is 5.26 Å². The third-order valence-electron chi connectivity index (χ3n) is 1.64. The quantitative estimate of drug-likeness (QED) is 0.556. The fraction of sp³-hybridized carbons (Fsp3) is 0.500. The Morgan fingerprint density at radius 2 is 2.55 bits per heavy atom. The highest BCUT2D eigenvalue weighted by Crippen LogP contribution is 2.24. The van der Waals surface area contributed by atoms with Gasteiger partial charge in [-0.15, -0.1) is 0 Å². The Kier molecular flexibility index (Phi) is 1.95. The number of carbonyl (C=O) groups is 1. The molecule has 0 amide bonds. The Morgan fingerprint density at radius 3 is 3.00 bits per heavy atom. The number of cyclic esters (lactones) is 1. The maximum Gasteiger partial charge on any atom is 0.331 e. The van der Waals surface area contributed by atoms with Gasteiger partial charge in [-0.1, -0.05) is 0 Å². The van der Waals surface area contributed by atoms with E-state index in [1.54, 1.807) is 13.0 Å². The summed E-state index contributed by atoms with van der Waals surface area (Å²) in [6.45, 7) is 1.80. The highest BCUT2D eigenvalue weighted by Gasteiger charge is 2.29. The molecule has 0 aromatic rings. The van der Waals surface area contributed by atoms with Crippen LogP contribution in [0.4, 0.5) is 0 Å². The molecule has 3 nitrogen and oxygen atoms in total.